The van der Waals surface area contributed by atoms with Crippen LogP contribution >= 0.6 is 15.9 Å². The van der Waals surface area contributed by atoms with Crippen molar-refractivity contribution in [3.05, 3.63) is 94.0 Å². The first-order valence-electron chi connectivity index (χ1n) is 10.8. The minimum Gasteiger partial charge on any atom is -0.368 e. The highest BCUT2D eigenvalue weighted by atomic mass is 79.9. The van der Waals surface area contributed by atoms with E-state index in [2.05, 4.69) is 33.1 Å². The Morgan fingerprint density at radius 2 is 1.56 bits per heavy atom. The SMILES string of the molecule is CCc1ccc(C(=O)N2CCN(c3ccc(NC(=O)c4cccc(Br)c4)cc3)CC2)cc1. The smallest absolute Gasteiger partial charge is 0.255 e. The van der Waals surface area contributed by atoms with Gasteiger partial charge in [-0.2, -0.15) is 0 Å². The fourth-order valence-corrected chi connectivity index (χ4v) is 4.22. The zero-order valence-corrected chi connectivity index (χ0v) is 19.6. The second-order valence-electron chi connectivity index (χ2n) is 7.84. The first kappa shape index (κ1) is 22.1. The van der Waals surface area contributed by atoms with E-state index in [1.54, 1.807) is 12.1 Å². The highest BCUT2D eigenvalue weighted by Gasteiger charge is 2.22. The van der Waals surface area contributed by atoms with Crippen molar-refractivity contribution in [3.63, 3.8) is 0 Å². The Kier molecular flexibility index (Phi) is 6.90. The molecule has 5 nitrogen and oxygen atoms in total. The van der Waals surface area contributed by atoms with Crippen LogP contribution in [0.2, 0.25) is 0 Å². The highest BCUT2D eigenvalue weighted by Crippen LogP contribution is 2.21. The van der Waals surface area contributed by atoms with Gasteiger partial charge in [0.05, 0.1) is 0 Å². The standard InChI is InChI=1S/C26H26BrN3O2/c1-2-19-6-8-20(9-7-19)26(32)30-16-14-29(15-17-30)24-12-10-23(11-13-24)28-25(31)21-4-3-5-22(27)18-21/h3-13,18H,2,14-17H2,1H3,(H,28,31). The van der Waals surface area contributed by atoms with Crippen LogP contribution in [0.4, 0.5) is 11.4 Å². The van der Waals surface area contributed by atoms with Crippen molar-refractivity contribution >= 4 is 39.1 Å². The molecule has 32 heavy (non-hydrogen) atoms. The molecular weight excluding hydrogens is 466 g/mol. The molecule has 1 saturated heterocycles. The monoisotopic (exact) mass is 491 g/mol. The van der Waals surface area contributed by atoms with Gasteiger partial charge in [0.2, 0.25) is 0 Å². The number of carbonyl (C=O) groups excluding carboxylic acids is 2. The summed E-state index contributed by atoms with van der Waals surface area (Å²) in [7, 11) is 0. The molecule has 3 aromatic carbocycles. The molecule has 0 bridgehead atoms. The second kappa shape index (κ2) is 10.0. The molecule has 1 aliphatic heterocycles. The molecule has 4 rings (SSSR count). The minimum absolute atomic E-state index is 0.0953. The zero-order valence-electron chi connectivity index (χ0n) is 18.1. The van der Waals surface area contributed by atoms with Crippen LogP contribution in [0, 0.1) is 0 Å². The van der Waals surface area contributed by atoms with Gasteiger partial charge in [0.1, 0.15) is 0 Å². The molecular formula is C26H26BrN3O2. The van der Waals surface area contributed by atoms with Gasteiger partial charge in [-0.05, 0) is 66.6 Å². The summed E-state index contributed by atoms with van der Waals surface area (Å²) in [6.07, 6.45) is 0.972. The number of halogens is 1. The average Bonchev–Trinajstić information content (AvgIpc) is 2.84. The molecule has 6 heteroatoms. The van der Waals surface area contributed by atoms with Crippen molar-refractivity contribution < 1.29 is 9.59 Å². The number of benzene rings is 3. The fourth-order valence-electron chi connectivity index (χ4n) is 3.82. The van der Waals surface area contributed by atoms with Crippen LogP contribution < -0.4 is 10.2 Å². The van der Waals surface area contributed by atoms with Gasteiger partial charge in [0.25, 0.3) is 11.8 Å². The Morgan fingerprint density at radius 3 is 2.19 bits per heavy atom. The van der Waals surface area contributed by atoms with Gasteiger partial charge in [-0.15, -0.1) is 0 Å². The zero-order chi connectivity index (χ0) is 22.5. The van der Waals surface area contributed by atoms with Crippen LogP contribution in [-0.2, 0) is 6.42 Å². The number of carbonyl (C=O) groups is 2. The highest BCUT2D eigenvalue weighted by molar-refractivity contribution is 9.10. The number of aryl methyl sites for hydroxylation is 1. The molecule has 0 aliphatic carbocycles. The largest absolute Gasteiger partial charge is 0.368 e. The van der Waals surface area contributed by atoms with Crippen LogP contribution in [-0.4, -0.2) is 42.9 Å². The summed E-state index contributed by atoms with van der Waals surface area (Å²) < 4.78 is 0.871. The molecule has 1 N–H and O–H groups in total. The summed E-state index contributed by atoms with van der Waals surface area (Å²) in [6.45, 7) is 5.05. The molecule has 3 aromatic rings. The van der Waals surface area contributed by atoms with Gasteiger partial charge in [0.15, 0.2) is 0 Å². The van der Waals surface area contributed by atoms with Gasteiger partial charge < -0.3 is 15.1 Å². The molecule has 0 atom stereocenters. The van der Waals surface area contributed by atoms with Crippen LogP contribution in [0.5, 0.6) is 0 Å². The lowest BCUT2D eigenvalue weighted by atomic mass is 10.1. The van der Waals surface area contributed by atoms with Gasteiger partial charge in [-0.3, -0.25) is 9.59 Å². The average molecular weight is 492 g/mol. The van der Waals surface area contributed by atoms with E-state index in [1.165, 1.54) is 5.56 Å². The molecule has 0 saturated carbocycles. The number of rotatable bonds is 5. The number of piperazine rings is 1. The van der Waals surface area contributed by atoms with E-state index in [0.29, 0.717) is 18.7 Å². The maximum Gasteiger partial charge on any atom is 0.255 e. The van der Waals surface area contributed by atoms with Crippen LogP contribution in [0.15, 0.2) is 77.3 Å². The van der Waals surface area contributed by atoms with Crippen molar-refractivity contribution in [2.24, 2.45) is 0 Å². The Morgan fingerprint density at radius 1 is 0.875 bits per heavy atom. The van der Waals surface area contributed by atoms with Crippen molar-refractivity contribution in [2.45, 2.75) is 13.3 Å². The quantitative estimate of drug-likeness (QED) is 0.531. The lowest BCUT2D eigenvalue weighted by Gasteiger charge is -2.36. The molecule has 0 radical (unpaired) electrons. The van der Waals surface area contributed by atoms with E-state index < -0.39 is 0 Å². The molecule has 164 valence electrons. The normalized spacial score (nSPS) is 13.7. The van der Waals surface area contributed by atoms with Gasteiger partial charge in [0, 0.05) is 53.2 Å². The van der Waals surface area contributed by atoms with Crippen LogP contribution in [0.3, 0.4) is 0 Å². The van der Waals surface area contributed by atoms with Crippen molar-refractivity contribution in [3.8, 4) is 0 Å². The van der Waals surface area contributed by atoms with Crippen LogP contribution in [0.25, 0.3) is 0 Å². The first-order chi connectivity index (χ1) is 15.5. The Bertz CT molecular complexity index is 1090. The summed E-state index contributed by atoms with van der Waals surface area (Å²) in [6, 6.07) is 23.1. The summed E-state index contributed by atoms with van der Waals surface area (Å²) >= 11 is 3.39. The lowest BCUT2D eigenvalue weighted by Crippen LogP contribution is -2.48. The number of nitrogens with zero attached hydrogens (tertiary/aromatic N) is 2. The van der Waals surface area contributed by atoms with Crippen molar-refractivity contribution in [2.75, 3.05) is 36.4 Å². The number of amides is 2. The Hall–Kier alpha value is -3.12. The van der Waals surface area contributed by atoms with Crippen LogP contribution in [0.1, 0.15) is 33.2 Å². The van der Waals surface area contributed by atoms with Gasteiger partial charge >= 0.3 is 0 Å². The van der Waals surface area contributed by atoms with E-state index in [4.69, 9.17) is 0 Å². The third-order valence-corrected chi connectivity index (χ3v) is 6.25. The van der Waals surface area contributed by atoms with Gasteiger partial charge in [-0.25, -0.2) is 0 Å². The summed E-state index contributed by atoms with van der Waals surface area (Å²) in [5, 5.41) is 2.93. The number of anilines is 2. The second-order valence-corrected chi connectivity index (χ2v) is 8.76. The van der Waals surface area contributed by atoms with E-state index >= 15 is 0 Å². The van der Waals surface area contributed by atoms with E-state index in [1.807, 2.05) is 65.6 Å². The number of nitrogens with one attached hydrogen (secondary N) is 1. The van der Waals surface area contributed by atoms with Crippen molar-refractivity contribution in [1.29, 1.82) is 0 Å². The lowest BCUT2D eigenvalue weighted by molar-refractivity contribution is 0.0746. The molecule has 2 amide bonds. The fraction of sp³-hybridized carbons (Fsp3) is 0.231. The molecule has 0 unspecified atom stereocenters. The predicted molar refractivity (Wildman–Crippen MR) is 132 cm³/mol. The Labute approximate surface area is 197 Å². The van der Waals surface area contributed by atoms with E-state index in [9.17, 15) is 9.59 Å². The third-order valence-electron chi connectivity index (χ3n) is 5.75. The first-order valence-corrected chi connectivity index (χ1v) is 11.6. The summed E-state index contributed by atoms with van der Waals surface area (Å²) in [5.74, 6) is -0.0453. The number of hydrogen-bond donors (Lipinski definition) is 1. The Balaban J connectivity index is 1.32. The minimum atomic E-state index is -0.141. The van der Waals surface area contributed by atoms with Gasteiger partial charge in [-0.1, -0.05) is 41.1 Å². The molecule has 1 heterocycles. The molecule has 0 aromatic heterocycles. The summed E-state index contributed by atoms with van der Waals surface area (Å²) in [4.78, 5) is 29.4. The molecule has 1 fully saturated rings. The van der Waals surface area contributed by atoms with Crippen molar-refractivity contribution in [1.82, 2.24) is 4.90 Å². The third kappa shape index (κ3) is 5.19. The number of hydrogen-bond acceptors (Lipinski definition) is 3. The summed E-state index contributed by atoms with van der Waals surface area (Å²) in [5.41, 5.74) is 4.44. The topological polar surface area (TPSA) is 52.7 Å². The molecule has 0 spiro atoms. The maximum atomic E-state index is 12.8. The van der Waals surface area contributed by atoms with E-state index in [-0.39, 0.29) is 11.8 Å². The molecule has 1 aliphatic rings. The predicted octanol–water partition coefficient (Wildman–Crippen LogP) is 5.23. The van der Waals surface area contributed by atoms with E-state index in [0.717, 1.165) is 40.9 Å². The maximum absolute atomic E-state index is 12.8.